The highest BCUT2D eigenvalue weighted by atomic mass is 33.1. The Kier molecular flexibility index (Phi) is 18.2. The minimum Gasteiger partial charge on any atom is -0.493 e. The lowest BCUT2D eigenvalue weighted by molar-refractivity contribution is -0.121. The van der Waals surface area contributed by atoms with Gasteiger partial charge in [0.05, 0.1) is 81.8 Å². The monoisotopic (exact) mass is 1090 g/mol. The molecule has 0 spiro atoms. The van der Waals surface area contributed by atoms with Crippen molar-refractivity contribution in [1.29, 1.82) is 0 Å². The zero-order valence-corrected chi connectivity index (χ0v) is 46.3. The van der Waals surface area contributed by atoms with E-state index in [-0.39, 0.29) is 47.8 Å². The van der Waals surface area contributed by atoms with E-state index in [4.69, 9.17) is 44.0 Å². The Morgan fingerprint density at radius 2 is 1.40 bits per heavy atom. The third kappa shape index (κ3) is 12.9. The van der Waals surface area contributed by atoms with Gasteiger partial charge in [-0.25, -0.2) is 5.84 Å². The Morgan fingerprint density at radius 1 is 0.779 bits per heavy atom. The maximum absolute atomic E-state index is 14.4. The van der Waals surface area contributed by atoms with Crippen molar-refractivity contribution in [3.63, 3.8) is 0 Å². The van der Waals surface area contributed by atoms with Gasteiger partial charge in [-0.1, -0.05) is 58.0 Å². The Morgan fingerprint density at radius 3 is 2.09 bits per heavy atom. The normalized spacial score (nSPS) is 16.2. The number of methoxy groups -OCH3 is 3. The molecule has 0 bridgehead atoms. The van der Waals surface area contributed by atoms with Crippen LogP contribution in [0.2, 0.25) is 0 Å². The molecule has 408 valence electrons. The molecule has 0 fully saturated rings. The van der Waals surface area contributed by atoms with Crippen molar-refractivity contribution >= 4 is 73.5 Å². The number of ether oxygens (including phenoxy) is 7. The summed E-state index contributed by atoms with van der Waals surface area (Å²) in [4.78, 5) is 51.5. The number of nitrogens with two attached hydrogens (primary N) is 1. The van der Waals surface area contributed by atoms with E-state index >= 15 is 0 Å². The second kappa shape index (κ2) is 25.3. The van der Waals surface area contributed by atoms with Crippen LogP contribution in [0, 0.1) is 0 Å². The second-order valence-corrected chi connectivity index (χ2v) is 23.1. The number of hydrogen-bond donors (Lipinski definition) is 3. The summed E-state index contributed by atoms with van der Waals surface area (Å²) >= 11 is 0. The van der Waals surface area contributed by atoms with Crippen molar-refractivity contribution in [3.05, 3.63) is 124 Å². The van der Waals surface area contributed by atoms with E-state index in [1.165, 1.54) is 0 Å². The van der Waals surface area contributed by atoms with Crippen LogP contribution in [-0.2, 0) is 45.1 Å². The van der Waals surface area contributed by atoms with Crippen molar-refractivity contribution in [2.75, 3.05) is 99.8 Å². The van der Waals surface area contributed by atoms with Gasteiger partial charge in [-0.2, -0.15) is 0 Å². The van der Waals surface area contributed by atoms with Gasteiger partial charge in [-0.3, -0.25) is 29.7 Å². The Bertz CT molecular complexity index is 2980. The van der Waals surface area contributed by atoms with E-state index < -0.39 is 0 Å². The summed E-state index contributed by atoms with van der Waals surface area (Å²) in [5.41, 5.74) is 11.9. The maximum Gasteiger partial charge on any atom is 0.261 e. The van der Waals surface area contributed by atoms with E-state index in [0.29, 0.717) is 117 Å². The maximum atomic E-state index is 14.4. The predicted octanol–water partition coefficient (Wildman–Crippen LogP) is 8.95. The third-order valence-corrected chi connectivity index (χ3v) is 17.3. The fraction of sp³-hybridized carbons (Fsp3) is 0.414. The van der Waals surface area contributed by atoms with Crippen LogP contribution >= 0.6 is 21.6 Å². The largest absolute Gasteiger partial charge is 0.493 e. The quantitative estimate of drug-likeness (QED) is 0.0156. The topological polar surface area (TPSA) is 188 Å². The molecule has 1 unspecified atom stereocenters. The summed E-state index contributed by atoms with van der Waals surface area (Å²) in [6, 6.07) is 29.3. The fourth-order valence-corrected chi connectivity index (χ4v) is 12.9. The molecular weight excluding hydrogens is 1020 g/mol. The van der Waals surface area contributed by atoms with Gasteiger partial charge in [0.25, 0.3) is 11.8 Å². The molecule has 19 heteroatoms. The number of hydrazine groups is 1. The summed E-state index contributed by atoms with van der Waals surface area (Å²) in [5.74, 6) is 7.47. The van der Waals surface area contributed by atoms with Gasteiger partial charge in [0, 0.05) is 85.0 Å². The van der Waals surface area contributed by atoms with Gasteiger partial charge in [-0.05, 0) is 98.3 Å². The molecule has 4 heterocycles. The molecule has 0 saturated carbocycles. The van der Waals surface area contributed by atoms with Crippen LogP contribution in [0.15, 0.2) is 96.0 Å². The van der Waals surface area contributed by atoms with E-state index in [1.54, 1.807) is 61.1 Å². The van der Waals surface area contributed by atoms with Crippen molar-refractivity contribution in [3.8, 4) is 23.0 Å². The SMILES string of the molecule is COCCOCCOCCN(CC(C)(C)SSCCCC(=O)NN)c1cc(COc2cc3c(cc2OC)C(=O)N2c4ccccc4C[C@H]2C(C)=N3)cc(COc2cc3c(cc2OC)C(=O)N2c4ccccc4CC2CN3)c1. The lowest BCUT2D eigenvalue weighted by Gasteiger charge is -2.34. The Hall–Kier alpha value is -6.48. The number of aliphatic imine (C=N–C) groups is 1. The second-order valence-electron chi connectivity index (χ2n) is 19.9. The highest BCUT2D eigenvalue weighted by Gasteiger charge is 2.40. The molecular formula is C58H69N7O10S2. The first kappa shape index (κ1) is 55.3. The number of nitrogens with one attached hydrogen (secondary N) is 2. The number of nitrogens with zero attached hydrogens (tertiary/aromatic N) is 4. The summed E-state index contributed by atoms with van der Waals surface area (Å²) < 4.78 is 41.9. The minimum atomic E-state index is -0.257. The van der Waals surface area contributed by atoms with Crippen LogP contribution in [0.25, 0.3) is 0 Å². The highest BCUT2D eigenvalue weighted by molar-refractivity contribution is 8.77. The van der Waals surface area contributed by atoms with Gasteiger partial charge < -0.3 is 48.3 Å². The van der Waals surface area contributed by atoms with Gasteiger partial charge in [0.1, 0.15) is 13.2 Å². The van der Waals surface area contributed by atoms with E-state index in [0.717, 1.165) is 57.2 Å². The Balaban J connectivity index is 1.01. The van der Waals surface area contributed by atoms with Crippen molar-refractivity contribution in [2.45, 2.75) is 76.5 Å². The van der Waals surface area contributed by atoms with Crippen LogP contribution in [-0.4, -0.2) is 120 Å². The van der Waals surface area contributed by atoms with E-state index in [9.17, 15) is 14.4 Å². The average molecular weight is 1090 g/mol. The summed E-state index contributed by atoms with van der Waals surface area (Å²) in [7, 11) is 8.29. The van der Waals surface area contributed by atoms with Crippen LogP contribution in [0.1, 0.15) is 76.6 Å². The number of para-hydroxylation sites is 2. The number of rotatable bonds is 26. The molecule has 5 aromatic carbocycles. The molecule has 4 aliphatic heterocycles. The molecule has 2 atom stereocenters. The molecule has 3 amide bonds. The molecule has 17 nitrogen and oxygen atoms in total. The van der Waals surface area contributed by atoms with E-state index in [1.807, 2.05) is 59.2 Å². The van der Waals surface area contributed by atoms with Crippen LogP contribution in [0.3, 0.4) is 0 Å². The lowest BCUT2D eigenvalue weighted by atomic mass is 10.1. The molecule has 5 aromatic rings. The molecule has 0 aromatic heterocycles. The molecule has 4 N–H and O–H groups in total. The number of carbonyl (C=O) groups is 3. The highest BCUT2D eigenvalue weighted by Crippen LogP contribution is 2.44. The number of amides is 3. The number of fused-ring (bicyclic) bond motifs is 8. The lowest BCUT2D eigenvalue weighted by Crippen LogP contribution is -2.40. The van der Waals surface area contributed by atoms with Gasteiger partial charge in [-0.15, -0.1) is 0 Å². The number of benzene rings is 5. The van der Waals surface area contributed by atoms with Crippen molar-refractivity contribution < 1.29 is 47.5 Å². The molecule has 9 rings (SSSR count). The third-order valence-electron chi connectivity index (χ3n) is 14.0. The molecule has 0 saturated heterocycles. The first-order valence-electron chi connectivity index (χ1n) is 26.0. The van der Waals surface area contributed by atoms with Crippen molar-refractivity contribution in [1.82, 2.24) is 5.43 Å². The zero-order valence-electron chi connectivity index (χ0n) is 44.7. The first-order valence-corrected chi connectivity index (χ1v) is 28.3. The number of carbonyl (C=O) groups excluding carboxylic acids is 3. The fourth-order valence-electron chi connectivity index (χ4n) is 10.3. The molecule has 0 radical (unpaired) electrons. The minimum absolute atomic E-state index is 0.0267. The number of hydrogen-bond acceptors (Lipinski definition) is 16. The van der Waals surface area contributed by atoms with Gasteiger partial charge in [0.2, 0.25) is 5.91 Å². The van der Waals surface area contributed by atoms with Crippen molar-refractivity contribution in [2.24, 2.45) is 10.8 Å². The Labute approximate surface area is 458 Å². The summed E-state index contributed by atoms with van der Waals surface area (Å²) in [5, 5.41) is 3.55. The molecule has 4 aliphatic rings. The van der Waals surface area contributed by atoms with Gasteiger partial charge in [0.15, 0.2) is 23.0 Å². The van der Waals surface area contributed by atoms with Gasteiger partial charge >= 0.3 is 0 Å². The zero-order chi connectivity index (χ0) is 54.1. The smallest absolute Gasteiger partial charge is 0.261 e. The summed E-state index contributed by atoms with van der Waals surface area (Å²) in [6.45, 7) is 10.7. The van der Waals surface area contributed by atoms with Crippen LogP contribution in [0.4, 0.5) is 28.4 Å². The first-order chi connectivity index (χ1) is 37.4. The standard InChI is InChI=1S/C58H69N7O10S2/c1-37-50-28-41-13-8-10-15-49(41)65(50)57(68)45-30-52(71-6)54(32-47(45)61-37)75-35-39-24-38(34-74-53-31-46-44(29-51(53)70-5)56(67)64-43(33-60-46)27-40-12-7-9-14-48(40)64)25-42(26-39)63(17-18-72-21-22-73-20-19-69-4)36-58(2,3)77-76-23-11-16-55(66)62-59/h7-10,12-15,24-26,29-32,43,50,60H,11,16-23,27-28,33-36,59H2,1-6H3,(H,62,66)/t43?,50-/m0/s1. The van der Waals surface area contributed by atoms with Crippen LogP contribution in [0.5, 0.6) is 23.0 Å². The van der Waals surface area contributed by atoms with Crippen LogP contribution < -0.4 is 50.2 Å². The molecule has 0 aliphatic carbocycles. The summed E-state index contributed by atoms with van der Waals surface area (Å²) in [6.07, 6.45) is 2.52. The average Bonchev–Trinajstić information content (AvgIpc) is 4.00. The van der Waals surface area contributed by atoms with E-state index in [2.05, 4.69) is 59.8 Å². The number of anilines is 4. The predicted molar refractivity (Wildman–Crippen MR) is 305 cm³/mol. The molecule has 77 heavy (non-hydrogen) atoms.